The molecule has 2 rings (SSSR count). The fourth-order valence-corrected chi connectivity index (χ4v) is 3.41. The molecule has 1 heterocycles. The number of rotatable bonds is 5. The van der Waals surface area contributed by atoms with Gasteiger partial charge in [0.05, 0.1) is 13.5 Å². The molecule has 0 spiro atoms. The lowest BCUT2D eigenvalue weighted by molar-refractivity contribution is -0.139. The van der Waals surface area contributed by atoms with Gasteiger partial charge in [-0.05, 0) is 46.3 Å². The van der Waals surface area contributed by atoms with Gasteiger partial charge in [-0.1, -0.05) is 11.6 Å². The Bertz CT molecular complexity index is 615. The number of esters is 1. The van der Waals surface area contributed by atoms with Crippen LogP contribution in [0.3, 0.4) is 0 Å². The van der Waals surface area contributed by atoms with Crippen molar-refractivity contribution in [2.45, 2.75) is 13.0 Å². The monoisotopic (exact) mass is 373 g/mol. The van der Waals surface area contributed by atoms with Crippen LogP contribution in [0.2, 0.25) is 5.02 Å². The second-order valence-corrected chi connectivity index (χ2v) is 6.64. The first-order valence-corrected chi connectivity index (χ1v) is 7.90. The van der Waals surface area contributed by atoms with E-state index in [4.69, 9.17) is 11.6 Å². The number of hydrogen-bond acceptors (Lipinski definition) is 4. The van der Waals surface area contributed by atoms with Gasteiger partial charge in [-0.25, -0.2) is 0 Å². The quantitative estimate of drug-likeness (QED) is 0.784. The SMILES string of the molecule is COC(=O)Cc1ccc(CNc2ccc(Cl)cc2Br)s1. The fourth-order valence-electron chi connectivity index (χ4n) is 1.64. The summed E-state index contributed by atoms with van der Waals surface area (Å²) in [5, 5.41) is 4.02. The molecular weight excluding hydrogens is 362 g/mol. The molecule has 1 aromatic carbocycles. The van der Waals surface area contributed by atoms with Gasteiger partial charge in [-0.2, -0.15) is 0 Å². The van der Waals surface area contributed by atoms with Gasteiger partial charge in [0, 0.05) is 31.5 Å². The van der Waals surface area contributed by atoms with Crippen LogP contribution in [-0.2, 0) is 22.5 Å². The Morgan fingerprint density at radius 2 is 2.10 bits per heavy atom. The van der Waals surface area contributed by atoms with Gasteiger partial charge in [0.15, 0.2) is 0 Å². The Kier molecular flexibility index (Phi) is 5.46. The summed E-state index contributed by atoms with van der Waals surface area (Å²) in [4.78, 5) is 13.4. The molecule has 20 heavy (non-hydrogen) atoms. The van der Waals surface area contributed by atoms with Gasteiger partial charge in [0.1, 0.15) is 0 Å². The van der Waals surface area contributed by atoms with Crippen LogP contribution in [0.15, 0.2) is 34.8 Å². The summed E-state index contributed by atoms with van der Waals surface area (Å²) >= 11 is 11.0. The van der Waals surface area contributed by atoms with Crippen molar-refractivity contribution in [2.24, 2.45) is 0 Å². The predicted molar refractivity (Wildman–Crippen MR) is 86.5 cm³/mol. The van der Waals surface area contributed by atoms with Crippen LogP contribution >= 0.6 is 38.9 Å². The first-order chi connectivity index (χ1) is 9.58. The Morgan fingerprint density at radius 3 is 2.80 bits per heavy atom. The smallest absolute Gasteiger partial charge is 0.310 e. The molecule has 1 aromatic heterocycles. The molecule has 0 atom stereocenters. The van der Waals surface area contributed by atoms with Crippen molar-refractivity contribution < 1.29 is 9.53 Å². The van der Waals surface area contributed by atoms with E-state index in [0.717, 1.165) is 19.9 Å². The highest BCUT2D eigenvalue weighted by molar-refractivity contribution is 9.10. The minimum absolute atomic E-state index is 0.216. The van der Waals surface area contributed by atoms with Crippen molar-refractivity contribution in [2.75, 3.05) is 12.4 Å². The molecule has 0 fully saturated rings. The number of ether oxygens (including phenoxy) is 1. The molecule has 0 saturated heterocycles. The third-order valence-corrected chi connectivity index (χ3v) is 4.62. The fraction of sp³-hybridized carbons (Fsp3) is 0.214. The Morgan fingerprint density at radius 1 is 1.35 bits per heavy atom. The number of carbonyl (C=O) groups is 1. The maximum Gasteiger partial charge on any atom is 0.310 e. The molecule has 0 saturated carbocycles. The summed E-state index contributed by atoms with van der Waals surface area (Å²) in [6.45, 7) is 0.700. The van der Waals surface area contributed by atoms with Crippen molar-refractivity contribution in [3.8, 4) is 0 Å². The minimum atomic E-state index is -0.216. The third kappa shape index (κ3) is 4.23. The van der Waals surface area contributed by atoms with Crippen LogP contribution in [-0.4, -0.2) is 13.1 Å². The summed E-state index contributed by atoms with van der Waals surface area (Å²) in [6.07, 6.45) is 0.325. The third-order valence-electron chi connectivity index (χ3n) is 2.65. The van der Waals surface area contributed by atoms with Crippen LogP contribution in [0.4, 0.5) is 5.69 Å². The molecule has 0 amide bonds. The Labute approximate surface area is 135 Å². The van der Waals surface area contributed by atoms with Crippen molar-refractivity contribution in [3.05, 3.63) is 49.6 Å². The minimum Gasteiger partial charge on any atom is -0.469 e. The zero-order valence-electron chi connectivity index (χ0n) is 10.8. The highest BCUT2D eigenvalue weighted by atomic mass is 79.9. The summed E-state index contributed by atoms with van der Waals surface area (Å²) in [5.41, 5.74) is 0.984. The number of thiophene rings is 1. The highest BCUT2D eigenvalue weighted by Crippen LogP contribution is 2.27. The topological polar surface area (TPSA) is 38.3 Å². The number of carbonyl (C=O) groups excluding carboxylic acids is 1. The summed E-state index contributed by atoms with van der Waals surface area (Å²) in [5.74, 6) is -0.216. The van der Waals surface area contributed by atoms with Crippen LogP contribution in [0.1, 0.15) is 9.75 Å². The lowest BCUT2D eigenvalue weighted by Crippen LogP contribution is -2.02. The molecule has 0 aliphatic carbocycles. The lowest BCUT2D eigenvalue weighted by Gasteiger charge is -2.07. The average molecular weight is 375 g/mol. The van der Waals surface area contributed by atoms with Crippen molar-refractivity contribution >= 4 is 50.5 Å². The first kappa shape index (κ1) is 15.4. The van der Waals surface area contributed by atoms with E-state index in [9.17, 15) is 4.79 Å². The van der Waals surface area contributed by atoms with Gasteiger partial charge in [0.25, 0.3) is 0 Å². The van der Waals surface area contributed by atoms with Crippen molar-refractivity contribution in [1.29, 1.82) is 0 Å². The van der Waals surface area contributed by atoms with E-state index in [1.165, 1.54) is 7.11 Å². The number of methoxy groups -OCH3 is 1. The van der Waals surface area contributed by atoms with Gasteiger partial charge in [0.2, 0.25) is 0 Å². The second-order valence-electron chi connectivity index (χ2n) is 4.10. The summed E-state index contributed by atoms with van der Waals surface area (Å²) < 4.78 is 5.58. The molecule has 0 unspecified atom stereocenters. The lowest BCUT2D eigenvalue weighted by atomic mass is 10.3. The maximum atomic E-state index is 11.2. The first-order valence-electron chi connectivity index (χ1n) is 5.92. The van der Waals surface area contributed by atoms with Crippen LogP contribution in [0.5, 0.6) is 0 Å². The molecule has 0 radical (unpaired) electrons. The van der Waals surface area contributed by atoms with Crippen molar-refractivity contribution in [3.63, 3.8) is 0 Å². The molecule has 0 aliphatic rings. The van der Waals surface area contributed by atoms with Crippen LogP contribution in [0.25, 0.3) is 0 Å². The van der Waals surface area contributed by atoms with E-state index < -0.39 is 0 Å². The molecule has 1 N–H and O–H groups in total. The van der Waals surface area contributed by atoms with Gasteiger partial charge in [-0.3, -0.25) is 4.79 Å². The largest absolute Gasteiger partial charge is 0.469 e. The Hall–Kier alpha value is -1.04. The highest BCUT2D eigenvalue weighted by Gasteiger charge is 2.07. The number of benzene rings is 1. The zero-order valence-corrected chi connectivity index (χ0v) is 13.9. The van der Waals surface area contributed by atoms with Crippen molar-refractivity contribution in [1.82, 2.24) is 0 Å². The summed E-state index contributed by atoms with van der Waals surface area (Å²) in [7, 11) is 1.40. The Balaban J connectivity index is 1.95. The molecule has 106 valence electrons. The molecule has 3 nitrogen and oxygen atoms in total. The summed E-state index contributed by atoms with van der Waals surface area (Å²) in [6, 6.07) is 9.58. The van der Waals surface area contributed by atoms with E-state index in [-0.39, 0.29) is 5.97 Å². The average Bonchev–Trinajstić information content (AvgIpc) is 2.85. The van der Waals surface area contributed by atoms with Gasteiger partial charge in [-0.15, -0.1) is 11.3 Å². The standard InChI is InChI=1S/C14H13BrClNO2S/c1-19-14(18)7-10-3-4-11(20-10)8-17-13-5-2-9(16)6-12(13)15/h2-6,17H,7-8H2,1H3. The van der Waals surface area contributed by atoms with Gasteiger partial charge >= 0.3 is 5.97 Å². The molecule has 6 heteroatoms. The second kappa shape index (κ2) is 7.11. The molecule has 0 bridgehead atoms. The van der Waals surface area contributed by atoms with Crippen LogP contribution in [0, 0.1) is 0 Å². The van der Waals surface area contributed by atoms with E-state index in [0.29, 0.717) is 18.0 Å². The van der Waals surface area contributed by atoms with Gasteiger partial charge < -0.3 is 10.1 Å². The number of hydrogen-bond donors (Lipinski definition) is 1. The predicted octanol–water partition coefficient (Wildman–Crippen LogP) is 4.49. The van der Waals surface area contributed by atoms with E-state index >= 15 is 0 Å². The number of nitrogens with one attached hydrogen (secondary N) is 1. The maximum absolute atomic E-state index is 11.2. The van der Waals surface area contributed by atoms with E-state index in [1.807, 2.05) is 30.3 Å². The molecule has 2 aromatic rings. The van der Waals surface area contributed by atoms with E-state index in [2.05, 4.69) is 26.0 Å². The molecular formula is C14H13BrClNO2S. The number of anilines is 1. The number of halogens is 2. The molecule has 0 aliphatic heterocycles. The van der Waals surface area contributed by atoms with E-state index in [1.54, 1.807) is 11.3 Å². The van der Waals surface area contributed by atoms with Crippen LogP contribution < -0.4 is 5.32 Å². The zero-order chi connectivity index (χ0) is 14.5. The normalized spacial score (nSPS) is 10.3.